The van der Waals surface area contributed by atoms with Gasteiger partial charge in [-0.2, -0.15) is 0 Å². The maximum Gasteiger partial charge on any atom is 0.407 e. The monoisotopic (exact) mass is 333 g/mol. The topological polar surface area (TPSA) is 70.7 Å². The van der Waals surface area contributed by atoms with E-state index >= 15 is 0 Å². The summed E-state index contributed by atoms with van der Waals surface area (Å²) >= 11 is 0. The van der Waals surface area contributed by atoms with Crippen LogP contribution in [-0.2, 0) is 9.53 Å². The molecule has 0 aliphatic carbocycles. The van der Waals surface area contributed by atoms with Gasteiger partial charge in [-0.1, -0.05) is 0 Å². The zero-order valence-electron chi connectivity index (χ0n) is 14.7. The Hall–Kier alpha value is -2.24. The summed E-state index contributed by atoms with van der Waals surface area (Å²) < 4.78 is 5.17. The van der Waals surface area contributed by atoms with Crippen LogP contribution in [0.25, 0.3) is 0 Å². The number of amides is 2. The number of hydrogen-bond acceptors (Lipinski definition) is 4. The van der Waals surface area contributed by atoms with Crippen LogP contribution in [0, 0.1) is 0 Å². The summed E-state index contributed by atoms with van der Waals surface area (Å²) in [6.45, 7) is 7.64. The molecule has 24 heavy (non-hydrogen) atoms. The van der Waals surface area contributed by atoms with Crippen LogP contribution in [-0.4, -0.2) is 37.2 Å². The number of ether oxygens (including phenoxy) is 1. The van der Waals surface area contributed by atoms with E-state index in [1.54, 1.807) is 0 Å². The summed E-state index contributed by atoms with van der Waals surface area (Å²) in [6, 6.07) is 7.87. The van der Waals surface area contributed by atoms with Gasteiger partial charge in [-0.25, -0.2) is 4.79 Å². The van der Waals surface area contributed by atoms with E-state index in [0.717, 1.165) is 37.3 Å². The van der Waals surface area contributed by atoms with Crippen LogP contribution in [0.2, 0.25) is 0 Å². The second-order valence-corrected chi connectivity index (χ2v) is 6.90. The molecule has 0 atom stereocenters. The lowest BCUT2D eigenvalue weighted by Crippen LogP contribution is -2.33. The van der Waals surface area contributed by atoms with Gasteiger partial charge in [0.25, 0.3) is 0 Å². The average molecular weight is 333 g/mol. The van der Waals surface area contributed by atoms with Gasteiger partial charge in [0.15, 0.2) is 0 Å². The van der Waals surface area contributed by atoms with Gasteiger partial charge in [-0.05, 0) is 57.9 Å². The first-order chi connectivity index (χ1) is 11.3. The summed E-state index contributed by atoms with van der Waals surface area (Å²) in [4.78, 5) is 25.0. The Morgan fingerprint density at radius 2 is 1.92 bits per heavy atom. The number of anilines is 2. The first kappa shape index (κ1) is 18.1. The molecular formula is C18H27N3O3. The van der Waals surface area contributed by atoms with Gasteiger partial charge in [0, 0.05) is 37.4 Å². The number of nitrogens with zero attached hydrogens (tertiary/aromatic N) is 1. The minimum atomic E-state index is -0.471. The van der Waals surface area contributed by atoms with Crippen molar-refractivity contribution in [2.75, 3.05) is 29.9 Å². The van der Waals surface area contributed by atoms with Crippen LogP contribution >= 0.6 is 0 Å². The largest absolute Gasteiger partial charge is 0.444 e. The summed E-state index contributed by atoms with van der Waals surface area (Å²) in [6.07, 6.45) is 1.99. The molecule has 1 heterocycles. The van der Waals surface area contributed by atoms with Crippen molar-refractivity contribution < 1.29 is 14.3 Å². The van der Waals surface area contributed by atoms with Crippen molar-refractivity contribution >= 4 is 23.4 Å². The van der Waals surface area contributed by atoms with Gasteiger partial charge >= 0.3 is 6.09 Å². The molecule has 1 fully saturated rings. The second kappa shape index (κ2) is 8.04. The summed E-state index contributed by atoms with van der Waals surface area (Å²) in [5, 5.41) is 6.03. The lowest BCUT2D eigenvalue weighted by Gasteiger charge is -2.19. The zero-order valence-corrected chi connectivity index (χ0v) is 14.7. The molecule has 132 valence electrons. The van der Waals surface area contributed by atoms with E-state index in [1.807, 2.05) is 49.9 Å². The van der Waals surface area contributed by atoms with E-state index in [0.29, 0.717) is 13.0 Å². The van der Waals surface area contributed by atoms with Crippen molar-refractivity contribution in [1.29, 1.82) is 0 Å². The molecule has 2 rings (SSSR count). The number of nitrogens with one attached hydrogen (secondary N) is 2. The van der Waals surface area contributed by atoms with Crippen molar-refractivity contribution in [3.63, 3.8) is 0 Å². The molecule has 1 aliphatic heterocycles. The van der Waals surface area contributed by atoms with Crippen molar-refractivity contribution in [3.8, 4) is 0 Å². The summed E-state index contributed by atoms with van der Waals surface area (Å²) in [7, 11) is 0. The molecule has 1 aromatic carbocycles. The van der Waals surface area contributed by atoms with Gasteiger partial charge in [-0.15, -0.1) is 0 Å². The maximum atomic E-state index is 11.7. The van der Waals surface area contributed by atoms with Gasteiger partial charge < -0.3 is 20.3 Å². The van der Waals surface area contributed by atoms with Crippen LogP contribution in [0.1, 0.15) is 40.0 Å². The van der Waals surface area contributed by atoms with Gasteiger partial charge in [0.1, 0.15) is 5.60 Å². The highest BCUT2D eigenvalue weighted by Gasteiger charge is 2.21. The first-order valence-corrected chi connectivity index (χ1v) is 8.46. The van der Waals surface area contributed by atoms with Crippen molar-refractivity contribution in [2.45, 2.75) is 45.6 Å². The van der Waals surface area contributed by atoms with Crippen LogP contribution in [0.15, 0.2) is 24.3 Å². The second-order valence-electron chi connectivity index (χ2n) is 6.90. The standard InChI is InChI=1S/C18H27N3O3/c1-18(2,3)24-17(23)20-12-5-11-19-14-7-9-15(10-8-14)21-13-4-6-16(21)22/h7-10,19H,4-6,11-13H2,1-3H3,(H,20,23). The van der Waals surface area contributed by atoms with Crippen molar-refractivity contribution in [2.24, 2.45) is 0 Å². The van der Waals surface area contributed by atoms with Crippen LogP contribution in [0.3, 0.4) is 0 Å². The Morgan fingerprint density at radius 3 is 2.50 bits per heavy atom. The molecule has 1 saturated heterocycles. The Bertz CT molecular complexity index is 564. The quantitative estimate of drug-likeness (QED) is 0.785. The Kier molecular flexibility index (Phi) is 6.06. The van der Waals surface area contributed by atoms with Crippen LogP contribution < -0.4 is 15.5 Å². The predicted molar refractivity (Wildman–Crippen MR) is 95.4 cm³/mol. The number of alkyl carbamates (subject to hydrolysis) is 1. The molecule has 0 radical (unpaired) electrons. The van der Waals surface area contributed by atoms with Crippen molar-refractivity contribution in [3.05, 3.63) is 24.3 Å². The number of benzene rings is 1. The number of hydrogen-bond donors (Lipinski definition) is 2. The molecule has 2 amide bonds. The minimum Gasteiger partial charge on any atom is -0.444 e. The summed E-state index contributed by atoms with van der Waals surface area (Å²) in [5.74, 6) is 0.198. The van der Waals surface area contributed by atoms with E-state index in [2.05, 4.69) is 10.6 Å². The highest BCUT2D eigenvalue weighted by atomic mass is 16.6. The SMILES string of the molecule is CC(C)(C)OC(=O)NCCCNc1ccc(N2CCCC2=O)cc1. The zero-order chi connectivity index (χ0) is 17.6. The Morgan fingerprint density at radius 1 is 1.21 bits per heavy atom. The molecule has 0 saturated carbocycles. The molecule has 0 unspecified atom stereocenters. The van der Waals surface area contributed by atoms with E-state index in [4.69, 9.17) is 4.74 Å². The molecular weight excluding hydrogens is 306 g/mol. The van der Waals surface area contributed by atoms with E-state index in [1.165, 1.54) is 0 Å². The molecule has 6 nitrogen and oxygen atoms in total. The lowest BCUT2D eigenvalue weighted by atomic mass is 10.2. The summed E-state index contributed by atoms with van der Waals surface area (Å²) in [5.41, 5.74) is 1.48. The maximum absolute atomic E-state index is 11.7. The molecule has 0 aromatic heterocycles. The highest BCUT2D eigenvalue weighted by Crippen LogP contribution is 2.22. The van der Waals surface area contributed by atoms with E-state index < -0.39 is 5.60 Å². The molecule has 6 heteroatoms. The third kappa shape index (κ3) is 5.76. The molecule has 1 aromatic rings. The van der Waals surface area contributed by atoms with Gasteiger partial charge in [0.2, 0.25) is 5.91 Å². The van der Waals surface area contributed by atoms with E-state index in [-0.39, 0.29) is 12.0 Å². The molecule has 1 aliphatic rings. The predicted octanol–water partition coefficient (Wildman–Crippen LogP) is 3.14. The van der Waals surface area contributed by atoms with E-state index in [9.17, 15) is 9.59 Å². The average Bonchev–Trinajstić information content (AvgIpc) is 2.92. The fraction of sp³-hybridized carbons (Fsp3) is 0.556. The van der Waals surface area contributed by atoms with Gasteiger partial charge in [-0.3, -0.25) is 4.79 Å². The molecule has 0 spiro atoms. The number of rotatable bonds is 6. The molecule has 0 bridgehead atoms. The fourth-order valence-electron chi connectivity index (χ4n) is 2.51. The minimum absolute atomic E-state index is 0.198. The van der Waals surface area contributed by atoms with Gasteiger partial charge in [0.05, 0.1) is 0 Å². The first-order valence-electron chi connectivity index (χ1n) is 8.46. The van der Waals surface area contributed by atoms with Crippen LogP contribution in [0.5, 0.6) is 0 Å². The highest BCUT2D eigenvalue weighted by molar-refractivity contribution is 5.95. The third-order valence-corrected chi connectivity index (χ3v) is 3.60. The number of carbonyl (C=O) groups excluding carboxylic acids is 2. The smallest absolute Gasteiger partial charge is 0.407 e. The number of carbonyl (C=O) groups is 2. The molecule has 2 N–H and O–H groups in total. The fourth-order valence-corrected chi connectivity index (χ4v) is 2.51. The Labute approximate surface area is 143 Å². The third-order valence-electron chi connectivity index (χ3n) is 3.60. The normalized spacial score (nSPS) is 14.6. The van der Waals surface area contributed by atoms with Crippen molar-refractivity contribution in [1.82, 2.24) is 5.32 Å². The van der Waals surface area contributed by atoms with Crippen LogP contribution in [0.4, 0.5) is 16.2 Å². The Balaban J connectivity index is 1.66. The lowest BCUT2D eigenvalue weighted by molar-refractivity contribution is -0.117.